The Labute approximate surface area is 170 Å². The zero-order valence-corrected chi connectivity index (χ0v) is 16.6. The van der Waals surface area contributed by atoms with Crippen molar-refractivity contribution in [3.8, 4) is 0 Å². The third kappa shape index (κ3) is 4.51. The van der Waals surface area contributed by atoms with Crippen LogP contribution in [0.5, 0.6) is 0 Å². The lowest BCUT2D eigenvalue weighted by Crippen LogP contribution is -2.46. The molecule has 0 spiro atoms. The molecule has 0 aliphatic carbocycles. The maximum atomic E-state index is 14.4. The van der Waals surface area contributed by atoms with Gasteiger partial charge in [0.2, 0.25) is 5.95 Å². The first-order valence-electron chi connectivity index (χ1n) is 9.10. The van der Waals surface area contributed by atoms with Crippen LogP contribution >= 0.6 is 11.3 Å². The molecule has 0 bridgehead atoms. The van der Waals surface area contributed by atoms with E-state index in [-0.39, 0.29) is 5.69 Å². The van der Waals surface area contributed by atoms with Gasteiger partial charge in [-0.3, -0.25) is 9.69 Å². The Kier molecular flexibility index (Phi) is 5.67. The molecule has 3 aromatic heterocycles. The predicted octanol–water partition coefficient (Wildman–Crippen LogP) is 2.09. The molecule has 1 aliphatic heterocycles. The molecular weight excluding hydrogens is 397 g/mol. The number of hydrogen-bond acceptors (Lipinski definition) is 9. The number of thiazole rings is 1. The number of hydrogen-bond donors (Lipinski definition) is 2. The molecule has 1 fully saturated rings. The summed E-state index contributed by atoms with van der Waals surface area (Å²) >= 11 is 1.49. The number of nitrogens with zero attached hydrogens (tertiary/aromatic N) is 5. The van der Waals surface area contributed by atoms with Gasteiger partial charge in [-0.15, -0.1) is 11.3 Å². The number of pyridine rings is 1. The third-order valence-corrected chi connectivity index (χ3v) is 5.30. The highest BCUT2D eigenvalue weighted by Gasteiger charge is 2.22. The fourth-order valence-electron chi connectivity index (χ4n) is 3.13. The SMILES string of the molecule is CNC(=O)c1ccc(N2CCN(Cc3cc(Nc4nccs4)no3)CC2)c(F)n1. The van der Waals surface area contributed by atoms with E-state index in [0.29, 0.717) is 31.1 Å². The number of aromatic nitrogens is 3. The summed E-state index contributed by atoms with van der Waals surface area (Å²) in [4.78, 5) is 23.7. The minimum atomic E-state index is -0.632. The summed E-state index contributed by atoms with van der Waals surface area (Å²) < 4.78 is 19.7. The Hall–Kier alpha value is -3.05. The van der Waals surface area contributed by atoms with Crippen LogP contribution < -0.4 is 15.5 Å². The molecule has 2 N–H and O–H groups in total. The van der Waals surface area contributed by atoms with E-state index >= 15 is 0 Å². The Morgan fingerprint density at radius 1 is 1.31 bits per heavy atom. The maximum Gasteiger partial charge on any atom is 0.269 e. The summed E-state index contributed by atoms with van der Waals surface area (Å²) in [6, 6.07) is 5.00. The van der Waals surface area contributed by atoms with Crippen molar-refractivity contribution in [1.82, 2.24) is 25.3 Å². The van der Waals surface area contributed by atoms with Gasteiger partial charge >= 0.3 is 0 Å². The van der Waals surface area contributed by atoms with Crippen molar-refractivity contribution in [2.75, 3.05) is 43.4 Å². The Morgan fingerprint density at radius 3 is 2.83 bits per heavy atom. The number of halogens is 1. The number of rotatable bonds is 6. The molecule has 0 unspecified atom stereocenters. The number of carbonyl (C=O) groups is 1. The quantitative estimate of drug-likeness (QED) is 0.588. The highest BCUT2D eigenvalue weighted by molar-refractivity contribution is 7.13. The largest absolute Gasteiger partial charge is 0.365 e. The van der Waals surface area contributed by atoms with Crippen LogP contribution in [0, 0.1) is 5.95 Å². The van der Waals surface area contributed by atoms with Crippen molar-refractivity contribution >= 4 is 33.9 Å². The minimum Gasteiger partial charge on any atom is -0.365 e. The summed E-state index contributed by atoms with van der Waals surface area (Å²) in [5.41, 5.74) is 0.478. The van der Waals surface area contributed by atoms with E-state index in [1.54, 1.807) is 12.3 Å². The Morgan fingerprint density at radius 2 is 2.14 bits per heavy atom. The van der Waals surface area contributed by atoms with E-state index < -0.39 is 11.9 Å². The molecule has 152 valence electrons. The second kappa shape index (κ2) is 8.53. The fraction of sp³-hybridized carbons (Fsp3) is 0.333. The zero-order chi connectivity index (χ0) is 20.2. The van der Waals surface area contributed by atoms with Crippen LogP contribution in [0.25, 0.3) is 0 Å². The molecule has 0 radical (unpaired) electrons. The number of amides is 1. The molecule has 1 saturated heterocycles. The molecule has 4 rings (SSSR count). The van der Waals surface area contributed by atoms with Gasteiger partial charge in [-0.1, -0.05) is 5.16 Å². The predicted molar refractivity (Wildman–Crippen MR) is 107 cm³/mol. The Bertz CT molecular complexity index is 971. The lowest BCUT2D eigenvalue weighted by molar-refractivity contribution is 0.0957. The van der Waals surface area contributed by atoms with E-state index in [1.165, 1.54) is 24.5 Å². The van der Waals surface area contributed by atoms with Gasteiger partial charge in [0.15, 0.2) is 16.7 Å². The normalized spacial score (nSPS) is 14.8. The Balaban J connectivity index is 1.32. The van der Waals surface area contributed by atoms with Gasteiger partial charge in [0.05, 0.1) is 12.2 Å². The second-order valence-electron chi connectivity index (χ2n) is 6.49. The summed E-state index contributed by atoms with van der Waals surface area (Å²) in [5.74, 6) is 0.335. The van der Waals surface area contributed by atoms with Gasteiger partial charge in [0.1, 0.15) is 5.69 Å². The zero-order valence-electron chi connectivity index (χ0n) is 15.8. The molecule has 1 amide bonds. The summed E-state index contributed by atoms with van der Waals surface area (Å²) in [5, 5.41) is 12.2. The summed E-state index contributed by atoms with van der Waals surface area (Å²) in [6.45, 7) is 3.41. The first-order valence-corrected chi connectivity index (χ1v) is 9.98. The van der Waals surface area contributed by atoms with Crippen molar-refractivity contribution in [2.45, 2.75) is 6.54 Å². The number of nitrogens with one attached hydrogen (secondary N) is 2. The van der Waals surface area contributed by atoms with Gasteiger partial charge in [-0.05, 0) is 12.1 Å². The molecule has 29 heavy (non-hydrogen) atoms. The molecule has 4 heterocycles. The maximum absolute atomic E-state index is 14.4. The van der Waals surface area contributed by atoms with Gasteiger partial charge in [0.25, 0.3) is 5.91 Å². The lowest BCUT2D eigenvalue weighted by atomic mass is 10.2. The van der Waals surface area contributed by atoms with Crippen LogP contribution in [-0.4, -0.2) is 59.2 Å². The highest BCUT2D eigenvalue weighted by Crippen LogP contribution is 2.22. The minimum absolute atomic E-state index is 0.0693. The highest BCUT2D eigenvalue weighted by atomic mass is 32.1. The fourth-order valence-corrected chi connectivity index (χ4v) is 3.66. The van der Waals surface area contributed by atoms with E-state index in [1.807, 2.05) is 16.3 Å². The van der Waals surface area contributed by atoms with Gasteiger partial charge in [0, 0.05) is 50.9 Å². The van der Waals surface area contributed by atoms with Crippen molar-refractivity contribution in [2.24, 2.45) is 0 Å². The van der Waals surface area contributed by atoms with Crippen molar-refractivity contribution in [1.29, 1.82) is 0 Å². The van der Waals surface area contributed by atoms with E-state index in [0.717, 1.165) is 24.0 Å². The van der Waals surface area contributed by atoms with Crippen LogP contribution in [-0.2, 0) is 6.54 Å². The number of carbonyl (C=O) groups excluding carboxylic acids is 1. The molecular formula is C18H20FN7O2S. The van der Waals surface area contributed by atoms with Crippen molar-refractivity contribution in [3.63, 3.8) is 0 Å². The topological polar surface area (TPSA) is 99.4 Å². The van der Waals surface area contributed by atoms with E-state index in [4.69, 9.17) is 4.52 Å². The average Bonchev–Trinajstić information content (AvgIpc) is 3.40. The molecule has 0 aromatic carbocycles. The monoisotopic (exact) mass is 417 g/mol. The second-order valence-corrected chi connectivity index (χ2v) is 7.38. The molecule has 3 aromatic rings. The van der Waals surface area contributed by atoms with Crippen LogP contribution in [0.2, 0.25) is 0 Å². The molecule has 9 nitrogen and oxygen atoms in total. The summed E-state index contributed by atoms with van der Waals surface area (Å²) in [6.07, 6.45) is 1.72. The van der Waals surface area contributed by atoms with Crippen molar-refractivity contribution in [3.05, 3.63) is 47.2 Å². The first kappa shape index (κ1) is 19.3. The standard InChI is InChI=1S/C18H20FN7O2S/c1-20-17(27)13-2-3-14(16(19)22-13)26-7-5-25(6-8-26)11-12-10-15(24-28-12)23-18-21-4-9-29-18/h2-4,9-10H,5-8,11H2,1H3,(H,20,27)(H,21,23,24). The van der Waals surface area contributed by atoms with Gasteiger partial charge < -0.3 is 20.1 Å². The van der Waals surface area contributed by atoms with Crippen LogP contribution in [0.1, 0.15) is 16.2 Å². The smallest absolute Gasteiger partial charge is 0.269 e. The third-order valence-electron chi connectivity index (χ3n) is 4.61. The van der Waals surface area contributed by atoms with Gasteiger partial charge in [-0.25, -0.2) is 9.97 Å². The van der Waals surface area contributed by atoms with Gasteiger partial charge in [-0.2, -0.15) is 4.39 Å². The van der Waals surface area contributed by atoms with E-state index in [2.05, 4.69) is 30.7 Å². The first-order chi connectivity index (χ1) is 14.1. The molecule has 0 saturated carbocycles. The molecule has 1 aliphatic rings. The molecule has 0 atom stereocenters. The average molecular weight is 417 g/mol. The van der Waals surface area contributed by atoms with Crippen LogP contribution in [0.15, 0.2) is 34.3 Å². The van der Waals surface area contributed by atoms with E-state index in [9.17, 15) is 9.18 Å². The number of anilines is 3. The lowest BCUT2D eigenvalue weighted by Gasteiger charge is -2.35. The summed E-state index contributed by atoms with van der Waals surface area (Å²) in [7, 11) is 1.49. The van der Waals surface area contributed by atoms with Crippen LogP contribution in [0.4, 0.5) is 21.0 Å². The number of piperazine rings is 1. The molecule has 11 heteroatoms. The van der Waals surface area contributed by atoms with Crippen LogP contribution in [0.3, 0.4) is 0 Å². The van der Waals surface area contributed by atoms with Crippen molar-refractivity contribution < 1.29 is 13.7 Å².